The summed E-state index contributed by atoms with van der Waals surface area (Å²) < 4.78 is 37.9. The number of hydrogen-bond acceptors (Lipinski definition) is 3. The van der Waals surface area contributed by atoms with Gasteiger partial charge >= 0.3 is 6.18 Å². The molecule has 1 aromatic rings. The summed E-state index contributed by atoms with van der Waals surface area (Å²) >= 11 is 5.61. The van der Waals surface area contributed by atoms with E-state index in [1.165, 1.54) is 0 Å². The molecular weight excluding hydrogens is 319 g/mol. The number of rotatable bonds is 2. The predicted octanol–water partition coefficient (Wildman–Crippen LogP) is 2.58. The maximum absolute atomic E-state index is 12.6. The monoisotopic (exact) mass is 333 g/mol. The maximum atomic E-state index is 12.6. The SMILES string of the molecule is O=C(NC1CC2CCN(C2)C1)c1cc(Cl)c(C(F)(F)F)cn1. The second kappa shape index (κ2) is 5.70. The number of fused-ring (bicyclic) bond motifs is 2. The zero-order chi connectivity index (χ0) is 15.9. The van der Waals surface area contributed by atoms with Gasteiger partial charge in [-0.25, -0.2) is 0 Å². The zero-order valence-electron chi connectivity index (χ0n) is 11.7. The van der Waals surface area contributed by atoms with Crippen LogP contribution in [0.2, 0.25) is 5.02 Å². The molecule has 3 atom stereocenters. The molecule has 3 rings (SSSR count). The number of carbonyl (C=O) groups excluding carboxylic acids is 1. The minimum atomic E-state index is -4.57. The van der Waals surface area contributed by atoms with Gasteiger partial charge in [0, 0.05) is 25.3 Å². The molecule has 0 saturated carbocycles. The first-order valence-corrected chi connectivity index (χ1v) is 7.46. The van der Waals surface area contributed by atoms with Crippen LogP contribution in [-0.4, -0.2) is 41.5 Å². The van der Waals surface area contributed by atoms with Crippen molar-refractivity contribution in [1.29, 1.82) is 0 Å². The molecule has 3 unspecified atom stereocenters. The van der Waals surface area contributed by atoms with Gasteiger partial charge in [0.05, 0.1) is 10.6 Å². The van der Waals surface area contributed by atoms with Crippen LogP contribution in [0, 0.1) is 5.92 Å². The lowest BCUT2D eigenvalue weighted by Crippen LogP contribution is -2.47. The van der Waals surface area contributed by atoms with Gasteiger partial charge in [-0.15, -0.1) is 0 Å². The molecule has 1 aromatic heterocycles. The third-order valence-electron chi connectivity index (χ3n) is 4.19. The lowest BCUT2D eigenvalue weighted by atomic mass is 9.97. The van der Waals surface area contributed by atoms with Gasteiger partial charge in [-0.1, -0.05) is 11.6 Å². The Morgan fingerprint density at radius 3 is 2.82 bits per heavy atom. The topological polar surface area (TPSA) is 45.2 Å². The first-order valence-electron chi connectivity index (χ1n) is 7.09. The number of aromatic nitrogens is 1. The van der Waals surface area contributed by atoms with Crippen LogP contribution in [0.5, 0.6) is 0 Å². The van der Waals surface area contributed by atoms with Gasteiger partial charge in [0.1, 0.15) is 5.69 Å². The average Bonchev–Trinajstić information content (AvgIpc) is 2.76. The van der Waals surface area contributed by atoms with Gasteiger partial charge in [0.15, 0.2) is 0 Å². The highest BCUT2D eigenvalue weighted by atomic mass is 35.5. The van der Waals surface area contributed by atoms with E-state index in [1.54, 1.807) is 0 Å². The summed E-state index contributed by atoms with van der Waals surface area (Å²) in [6, 6.07) is 0.980. The number of carbonyl (C=O) groups is 1. The number of pyridine rings is 1. The van der Waals surface area contributed by atoms with E-state index in [9.17, 15) is 18.0 Å². The molecule has 2 saturated heterocycles. The van der Waals surface area contributed by atoms with Crippen molar-refractivity contribution in [2.45, 2.75) is 25.1 Å². The van der Waals surface area contributed by atoms with Crippen LogP contribution in [-0.2, 0) is 6.18 Å². The van der Waals surface area contributed by atoms with Gasteiger partial charge in [0.2, 0.25) is 0 Å². The Labute approximate surface area is 130 Å². The van der Waals surface area contributed by atoms with E-state index >= 15 is 0 Å². The lowest BCUT2D eigenvalue weighted by Gasteiger charge is -2.30. The summed E-state index contributed by atoms with van der Waals surface area (Å²) in [5.74, 6) is 0.103. The average molecular weight is 334 g/mol. The number of alkyl halides is 3. The molecule has 120 valence electrons. The summed E-state index contributed by atoms with van der Waals surface area (Å²) in [5.41, 5.74) is -1.13. The Kier molecular flexibility index (Phi) is 4.03. The summed E-state index contributed by atoms with van der Waals surface area (Å²) in [6.45, 7) is 2.88. The van der Waals surface area contributed by atoms with Crippen molar-refractivity contribution in [3.8, 4) is 0 Å². The third kappa shape index (κ3) is 3.20. The quantitative estimate of drug-likeness (QED) is 0.905. The number of amides is 1. The first-order chi connectivity index (χ1) is 10.3. The van der Waals surface area contributed by atoms with Gasteiger partial charge in [-0.3, -0.25) is 9.78 Å². The van der Waals surface area contributed by atoms with Crippen LogP contribution in [0.1, 0.15) is 28.9 Å². The van der Waals surface area contributed by atoms with Crippen LogP contribution in [0.25, 0.3) is 0 Å². The number of nitrogens with zero attached hydrogens (tertiary/aromatic N) is 2. The van der Waals surface area contributed by atoms with E-state index in [-0.39, 0.29) is 11.7 Å². The molecular formula is C14H15ClF3N3O. The molecule has 3 heterocycles. The number of piperidine rings is 1. The fourth-order valence-electron chi connectivity index (χ4n) is 3.19. The fraction of sp³-hybridized carbons (Fsp3) is 0.571. The molecule has 0 spiro atoms. The predicted molar refractivity (Wildman–Crippen MR) is 74.7 cm³/mol. The molecule has 0 aliphatic carbocycles. The number of nitrogens with one attached hydrogen (secondary N) is 1. The van der Waals surface area contributed by atoms with Crippen LogP contribution >= 0.6 is 11.6 Å². The van der Waals surface area contributed by atoms with Gasteiger partial charge in [-0.05, 0) is 31.4 Å². The first kappa shape index (κ1) is 15.6. The van der Waals surface area contributed by atoms with E-state index in [0.29, 0.717) is 12.1 Å². The van der Waals surface area contributed by atoms with E-state index in [4.69, 9.17) is 11.6 Å². The van der Waals surface area contributed by atoms with Crippen LogP contribution in [0.4, 0.5) is 13.2 Å². The smallest absolute Gasteiger partial charge is 0.347 e. The normalized spacial score (nSPS) is 27.7. The van der Waals surface area contributed by atoms with Crippen molar-refractivity contribution in [1.82, 2.24) is 15.2 Å². The van der Waals surface area contributed by atoms with E-state index in [2.05, 4.69) is 15.2 Å². The Hall–Kier alpha value is -1.34. The van der Waals surface area contributed by atoms with Gasteiger partial charge < -0.3 is 10.2 Å². The molecule has 4 nitrogen and oxygen atoms in total. The van der Waals surface area contributed by atoms with E-state index in [0.717, 1.165) is 38.5 Å². The van der Waals surface area contributed by atoms with Crippen molar-refractivity contribution >= 4 is 17.5 Å². The maximum Gasteiger partial charge on any atom is 0.419 e. The van der Waals surface area contributed by atoms with Crippen molar-refractivity contribution in [3.63, 3.8) is 0 Å². The summed E-state index contributed by atoms with van der Waals surface area (Å²) in [7, 11) is 0. The molecule has 2 aliphatic heterocycles. The number of hydrogen-bond donors (Lipinski definition) is 1. The highest BCUT2D eigenvalue weighted by Crippen LogP contribution is 2.34. The van der Waals surface area contributed by atoms with E-state index in [1.807, 2.05) is 0 Å². The highest BCUT2D eigenvalue weighted by molar-refractivity contribution is 6.31. The van der Waals surface area contributed by atoms with Crippen LogP contribution in [0.3, 0.4) is 0 Å². The van der Waals surface area contributed by atoms with Crippen LogP contribution < -0.4 is 5.32 Å². The minimum Gasteiger partial charge on any atom is -0.347 e. The Morgan fingerprint density at radius 1 is 1.41 bits per heavy atom. The molecule has 2 fully saturated rings. The van der Waals surface area contributed by atoms with Crippen LogP contribution in [0.15, 0.2) is 12.3 Å². The molecule has 0 radical (unpaired) electrons. The highest BCUT2D eigenvalue weighted by Gasteiger charge is 2.35. The third-order valence-corrected chi connectivity index (χ3v) is 4.51. The summed E-state index contributed by atoms with van der Waals surface area (Å²) in [5, 5.41) is 2.32. The van der Waals surface area contributed by atoms with Crippen molar-refractivity contribution in [3.05, 3.63) is 28.5 Å². The van der Waals surface area contributed by atoms with Crippen molar-refractivity contribution in [2.24, 2.45) is 5.92 Å². The Balaban J connectivity index is 1.69. The Morgan fingerprint density at radius 2 is 2.18 bits per heavy atom. The molecule has 8 heteroatoms. The zero-order valence-corrected chi connectivity index (χ0v) is 12.4. The molecule has 22 heavy (non-hydrogen) atoms. The molecule has 1 amide bonds. The summed E-state index contributed by atoms with van der Waals surface area (Å²) in [6.07, 6.45) is -1.94. The summed E-state index contributed by atoms with van der Waals surface area (Å²) in [4.78, 5) is 18.0. The van der Waals surface area contributed by atoms with Gasteiger partial charge in [-0.2, -0.15) is 13.2 Å². The second-order valence-electron chi connectivity index (χ2n) is 5.87. The van der Waals surface area contributed by atoms with Gasteiger partial charge in [0.25, 0.3) is 5.91 Å². The molecule has 2 bridgehead atoms. The van der Waals surface area contributed by atoms with Crippen molar-refractivity contribution in [2.75, 3.05) is 19.6 Å². The fourth-order valence-corrected chi connectivity index (χ4v) is 3.45. The van der Waals surface area contributed by atoms with E-state index < -0.39 is 22.7 Å². The Bertz CT molecular complexity index is 581. The largest absolute Gasteiger partial charge is 0.419 e. The van der Waals surface area contributed by atoms with Crippen molar-refractivity contribution < 1.29 is 18.0 Å². The molecule has 0 aromatic carbocycles. The minimum absolute atomic E-state index is 0.0108. The molecule has 2 aliphatic rings. The second-order valence-corrected chi connectivity index (χ2v) is 6.27. The standard InChI is InChI=1S/C14H15ClF3N3O/c15-11-4-12(19-5-10(11)14(16,17)18)13(22)20-9-3-8-1-2-21(6-8)7-9/h4-5,8-9H,1-3,6-7H2,(H,20,22). The number of halogens is 4. The lowest BCUT2D eigenvalue weighted by molar-refractivity contribution is -0.137. The molecule has 1 N–H and O–H groups in total.